The topological polar surface area (TPSA) is 17.1 Å². The number of hydrogen-bond donors (Lipinski definition) is 0. The van der Waals surface area contributed by atoms with Gasteiger partial charge < -0.3 is 0 Å². The molecular weight excluding hydrogens is 263 g/mol. The lowest BCUT2D eigenvalue weighted by Crippen LogP contribution is -2.04. The summed E-state index contributed by atoms with van der Waals surface area (Å²) in [5.74, 6) is 0.472. The van der Waals surface area contributed by atoms with E-state index in [1.54, 1.807) is 12.1 Å². The van der Waals surface area contributed by atoms with E-state index < -0.39 is 0 Å². The van der Waals surface area contributed by atoms with Crippen LogP contribution in [-0.2, 0) is 0 Å². The zero-order chi connectivity index (χ0) is 10.7. The minimum atomic E-state index is 0.109. The maximum atomic E-state index is 11.7. The SMILES string of the molecule is CC(C)CC(=O)c1ccc(Br)cc1Cl. The number of carbonyl (C=O) groups is 1. The van der Waals surface area contributed by atoms with E-state index in [0.29, 0.717) is 22.9 Å². The molecule has 0 spiro atoms. The first-order valence-corrected chi connectivity index (χ1v) is 5.66. The zero-order valence-electron chi connectivity index (χ0n) is 8.18. The lowest BCUT2D eigenvalue weighted by atomic mass is 10.0. The molecule has 0 radical (unpaired) electrons. The summed E-state index contributed by atoms with van der Waals surface area (Å²) < 4.78 is 0.892. The third kappa shape index (κ3) is 3.10. The second kappa shape index (κ2) is 4.94. The van der Waals surface area contributed by atoms with Crippen molar-refractivity contribution in [3.05, 3.63) is 33.3 Å². The van der Waals surface area contributed by atoms with Crippen LogP contribution in [-0.4, -0.2) is 5.78 Å². The quantitative estimate of drug-likeness (QED) is 0.750. The van der Waals surface area contributed by atoms with E-state index >= 15 is 0 Å². The van der Waals surface area contributed by atoms with E-state index in [-0.39, 0.29) is 5.78 Å². The molecule has 0 aromatic heterocycles. The third-order valence-electron chi connectivity index (χ3n) is 1.83. The lowest BCUT2D eigenvalue weighted by molar-refractivity contribution is 0.0968. The largest absolute Gasteiger partial charge is 0.294 e. The molecule has 1 aromatic carbocycles. The van der Waals surface area contributed by atoms with Gasteiger partial charge in [0.25, 0.3) is 0 Å². The molecule has 0 atom stereocenters. The van der Waals surface area contributed by atoms with Crippen LogP contribution in [0.4, 0.5) is 0 Å². The van der Waals surface area contributed by atoms with Crippen molar-refractivity contribution in [1.29, 1.82) is 0 Å². The molecule has 0 aliphatic heterocycles. The first-order valence-electron chi connectivity index (χ1n) is 4.49. The van der Waals surface area contributed by atoms with Gasteiger partial charge in [0.1, 0.15) is 0 Å². The van der Waals surface area contributed by atoms with Gasteiger partial charge in [0.2, 0.25) is 0 Å². The zero-order valence-corrected chi connectivity index (χ0v) is 10.5. The van der Waals surface area contributed by atoms with Crippen molar-refractivity contribution in [3.8, 4) is 0 Å². The molecule has 0 saturated heterocycles. The summed E-state index contributed by atoms with van der Waals surface area (Å²) in [4.78, 5) is 11.7. The Morgan fingerprint density at radius 2 is 2.14 bits per heavy atom. The molecule has 0 N–H and O–H groups in total. The molecule has 3 heteroatoms. The standard InChI is InChI=1S/C11H12BrClO/c1-7(2)5-11(14)9-4-3-8(12)6-10(9)13/h3-4,6-7H,5H2,1-2H3. The Bertz CT molecular complexity index is 347. The van der Waals surface area contributed by atoms with Gasteiger partial charge in [-0.1, -0.05) is 41.4 Å². The van der Waals surface area contributed by atoms with Crippen LogP contribution in [0, 0.1) is 5.92 Å². The van der Waals surface area contributed by atoms with Gasteiger partial charge in [0.05, 0.1) is 5.02 Å². The second-order valence-corrected chi connectivity index (χ2v) is 4.97. The van der Waals surface area contributed by atoms with E-state index in [0.717, 1.165) is 4.47 Å². The van der Waals surface area contributed by atoms with Crippen molar-refractivity contribution in [1.82, 2.24) is 0 Å². The average molecular weight is 276 g/mol. The van der Waals surface area contributed by atoms with Gasteiger partial charge in [-0.15, -0.1) is 0 Å². The summed E-state index contributed by atoms with van der Waals surface area (Å²) in [6.45, 7) is 4.04. The Morgan fingerprint density at radius 1 is 1.50 bits per heavy atom. The highest BCUT2D eigenvalue weighted by molar-refractivity contribution is 9.10. The molecule has 0 heterocycles. The first-order chi connectivity index (χ1) is 6.50. The summed E-state index contributed by atoms with van der Waals surface area (Å²) in [6, 6.07) is 5.34. The fourth-order valence-electron chi connectivity index (χ4n) is 1.20. The number of benzene rings is 1. The molecular formula is C11H12BrClO. The monoisotopic (exact) mass is 274 g/mol. The van der Waals surface area contributed by atoms with Crippen molar-refractivity contribution in [2.75, 3.05) is 0 Å². The molecule has 76 valence electrons. The number of rotatable bonds is 3. The Hall–Kier alpha value is -0.340. The molecule has 0 bridgehead atoms. The van der Waals surface area contributed by atoms with Gasteiger partial charge in [-0.05, 0) is 24.1 Å². The minimum Gasteiger partial charge on any atom is -0.294 e. The Kier molecular flexibility index (Phi) is 4.14. The number of hydrogen-bond acceptors (Lipinski definition) is 1. The van der Waals surface area contributed by atoms with E-state index in [2.05, 4.69) is 15.9 Å². The van der Waals surface area contributed by atoms with Gasteiger partial charge in [0, 0.05) is 16.5 Å². The highest BCUT2D eigenvalue weighted by Gasteiger charge is 2.11. The van der Waals surface area contributed by atoms with Crippen molar-refractivity contribution in [2.45, 2.75) is 20.3 Å². The van der Waals surface area contributed by atoms with Gasteiger partial charge >= 0.3 is 0 Å². The fraction of sp³-hybridized carbons (Fsp3) is 0.364. The van der Waals surface area contributed by atoms with E-state index in [9.17, 15) is 4.79 Å². The van der Waals surface area contributed by atoms with E-state index in [4.69, 9.17) is 11.6 Å². The van der Waals surface area contributed by atoms with Crippen LogP contribution < -0.4 is 0 Å². The molecule has 0 aliphatic carbocycles. The second-order valence-electron chi connectivity index (χ2n) is 3.65. The number of carbonyl (C=O) groups excluding carboxylic acids is 1. The minimum absolute atomic E-state index is 0.109. The summed E-state index contributed by atoms with van der Waals surface area (Å²) in [7, 11) is 0. The number of Topliss-reactive ketones (excluding diaryl/α,β-unsaturated/α-hetero) is 1. The molecule has 1 aromatic rings. The van der Waals surface area contributed by atoms with Crippen molar-refractivity contribution < 1.29 is 4.79 Å². The summed E-state index contributed by atoms with van der Waals surface area (Å²) in [6.07, 6.45) is 0.543. The first kappa shape index (κ1) is 11.7. The Morgan fingerprint density at radius 3 is 2.64 bits per heavy atom. The van der Waals surface area contributed by atoms with Crippen LogP contribution in [0.25, 0.3) is 0 Å². The van der Waals surface area contributed by atoms with Crippen LogP contribution in [0.15, 0.2) is 22.7 Å². The molecule has 0 unspecified atom stereocenters. The molecule has 0 amide bonds. The van der Waals surface area contributed by atoms with Crippen LogP contribution in [0.2, 0.25) is 5.02 Å². The summed E-state index contributed by atoms with van der Waals surface area (Å²) in [5, 5.41) is 0.519. The average Bonchev–Trinajstić information content (AvgIpc) is 2.01. The normalized spacial score (nSPS) is 10.6. The molecule has 1 rings (SSSR count). The van der Waals surface area contributed by atoms with Crippen LogP contribution in [0.5, 0.6) is 0 Å². The van der Waals surface area contributed by atoms with E-state index in [1.807, 2.05) is 19.9 Å². The fourth-order valence-corrected chi connectivity index (χ4v) is 1.98. The van der Waals surface area contributed by atoms with Crippen LogP contribution in [0.3, 0.4) is 0 Å². The van der Waals surface area contributed by atoms with Gasteiger partial charge in [-0.3, -0.25) is 4.79 Å². The Labute approximate surface area is 97.6 Å². The summed E-state index contributed by atoms with van der Waals surface area (Å²) in [5.41, 5.74) is 0.614. The van der Waals surface area contributed by atoms with Crippen LogP contribution in [0.1, 0.15) is 30.6 Å². The van der Waals surface area contributed by atoms with Crippen molar-refractivity contribution in [3.63, 3.8) is 0 Å². The Balaban J connectivity index is 2.90. The predicted octanol–water partition coefficient (Wildman–Crippen LogP) is 4.33. The van der Waals surface area contributed by atoms with Crippen molar-refractivity contribution >= 4 is 33.3 Å². The molecule has 14 heavy (non-hydrogen) atoms. The maximum absolute atomic E-state index is 11.7. The highest BCUT2D eigenvalue weighted by atomic mass is 79.9. The molecule has 0 saturated carbocycles. The van der Waals surface area contributed by atoms with E-state index in [1.165, 1.54) is 0 Å². The molecule has 1 nitrogen and oxygen atoms in total. The maximum Gasteiger partial charge on any atom is 0.164 e. The van der Waals surface area contributed by atoms with Gasteiger partial charge in [-0.2, -0.15) is 0 Å². The highest BCUT2D eigenvalue weighted by Crippen LogP contribution is 2.23. The van der Waals surface area contributed by atoms with Crippen molar-refractivity contribution in [2.24, 2.45) is 5.92 Å². The number of halogens is 2. The third-order valence-corrected chi connectivity index (χ3v) is 2.63. The van der Waals surface area contributed by atoms with Gasteiger partial charge in [-0.25, -0.2) is 0 Å². The molecule has 0 aliphatic rings. The van der Waals surface area contributed by atoms with Gasteiger partial charge in [0.15, 0.2) is 5.78 Å². The smallest absolute Gasteiger partial charge is 0.164 e. The lowest BCUT2D eigenvalue weighted by Gasteiger charge is -2.05. The van der Waals surface area contributed by atoms with Crippen LogP contribution >= 0.6 is 27.5 Å². The predicted molar refractivity (Wildman–Crippen MR) is 62.9 cm³/mol. The number of ketones is 1. The summed E-state index contributed by atoms with van der Waals surface area (Å²) >= 11 is 9.26. The molecule has 0 fully saturated rings.